The van der Waals surface area contributed by atoms with Crippen molar-refractivity contribution in [2.75, 3.05) is 0 Å². The first kappa shape index (κ1) is 13.3. The molecule has 94 valence electrons. The van der Waals surface area contributed by atoms with Gasteiger partial charge in [0.25, 0.3) is 0 Å². The summed E-state index contributed by atoms with van der Waals surface area (Å²) in [4.78, 5) is 11.6. The number of carbonyl (C=O) groups is 1. The van der Waals surface area contributed by atoms with Crippen molar-refractivity contribution in [3.63, 3.8) is 0 Å². The minimum atomic E-state index is -0.472. The Morgan fingerprint density at radius 1 is 1.50 bits per heavy atom. The molecular weight excluding hydrogens is 206 g/mol. The molecule has 0 saturated heterocycles. The minimum Gasteiger partial charge on any atom is -0.444 e. The fraction of sp³-hybridized carbons (Fsp3) is 0.917. The van der Waals surface area contributed by atoms with Gasteiger partial charge < -0.3 is 15.2 Å². The topological polar surface area (TPSA) is 58.6 Å². The standard InChI is InChI=1S/C12H23NO3/c1-9(14)8-12(6-5-7-12)13-10(15)16-11(2,3)4/h9,14H,5-8H2,1-4H3,(H,13,15)/t9-/m0/s1. The number of hydrogen-bond acceptors (Lipinski definition) is 3. The second kappa shape index (κ2) is 4.62. The number of alkyl carbamates (subject to hydrolysis) is 1. The van der Waals surface area contributed by atoms with Gasteiger partial charge in [0.15, 0.2) is 0 Å². The van der Waals surface area contributed by atoms with Crippen molar-refractivity contribution in [2.45, 2.75) is 70.6 Å². The van der Waals surface area contributed by atoms with E-state index in [1.165, 1.54) is 0 Å². The van der Waals surface area contributed by atoms with Crippen molar-refractivity contribution >= 4 is 6.09 Å². The van der Waals surface area contributed by atoms with E-state index in [4.69, 9.17) is 4.74 Å². The monoisotopic (exact) mass is 229 g/mol. The number of rotatable bonds is 3. The molecule has 1 saturated carbocycles. The van der Waals surface area contributed by atoms with Crippen LogP contribution in [0, 0.1) is 0 Å². The van der Waals surface area contributed by atoms with Gasteiger partial charge in [-0.1, -0.05) is 0 Å². The van der Waals surface area contributed by atoms with E-state index in [1.54, 1.807) is 6.92 Å². The fourth-order valence-electron chi connectivity index (χ4n) is 2.07. The van der Waals surface area contributed by atoms with Gasteiger partial charge >= 0.3 is 6.09 Å². The number of nitrogens with one attached hydrogen (secondary N) is 1. The van der Waals surface area contributed by atoms with Crippen molar-refractivity contribution in [1.29, 1.82) is 0 Å². The minimum absolute atomic E-state index is 0.240. The maximum atomic E-state index is 11.6. The van der Waals surface area contributed by atoms with Crippen LogP contribution < -0.4 is 5.32 Å². The van der Waals surface area contributed by atoms with Crippen LogP contribution in [-0.2, 0) is 4.74 Å². The molecule has 1 aliphatic carbocycles. The summed E-state index contributed by atoms with van der Waals surface area (Å²) < 4.78 is 5.22. The van der Waals surface area contributed by atoms with Gasteiger partial charge in [0, 0.05) is 5.54 Å². The van der Waals surface area contributed by atoms with E-state index in [9.17, 15) is 9.90 Å². The Morgan fingerprint density at radius 3 is 2.38 bits per heavy atom. The maximum absolute atomic E-state index is 11.6. The van der Waals surface area contributed by atoms with E-state index in [-0.39, 0.29) is 11.6 Å². The molecule has 1 fully saturated rings. The first-order chi connectivity index (χ1) is 7.22. The van der Waals surface area contributed by atoms with Crippen LogP contribution in [0.3, 0.4) is 0 Å². The summed E-state index contributed by atoms with van der Waals surface area (Å²) >= 11 is 0. The number of ether oxygens (including phenoxy) is 1. The normalized spacial score (nSPS) is 20.8. The Kier molecular flexibility index (Phi) is 3.84. The molecular formula is C12H23NO3. The van der Waals surface area contributed by atoms with E-state index >= 15 is 0 Å². The lowest BCUT2D eigenvalue weighted by Crippen LogP contribution is -2.55. The summed E-state index contributed by atoms with van der Waals surface area (Å²) in [6.45, 7) is 7.27. The van der Waals surface area contributed by atoms with E-state index < -0.39 is 11.7 Å². The first-order valence-corrected chi connectivity index (χ1v) is 5.92. The van der Waals surface area contributed by atoms with Crippen molar-refractivity contribution in [3.8, 4) is 0 Å². The Hall–Kier alpha value is -0.770. The number of hydrogen-bond donors (Lipinski definition) is 2. The summed E-state index contributed by atoms with van der Waals surface area (Å²) in [5.41, 5.74) is -0.712. The molecule has 1 atom stereocenters. The summed E-state index contributed by atoms with van der Waals surface area (Å²) in [6, 6.07) is 0. The Bertz CT molecular complexity index is 251. The predicted molar refractivity (Wildman–Crippen MR) is 62.2 cm³/mol. The van der Waals surface area contributed by atoms with Crippen LogP contribution >= 0.6 is 0 Å². The number of aliphatic hydroxyl groups is 1. The van der Waals surface area contributed by atoms with Crippen LogP contribution in [0.15, 0.2) is 0 Å². The third-order valence-electron chi connectivity index (χ3n) is 2.76. The van der Waals surface area contributed by atoms with Crippen LogP contribution in [-0.4, -0.2) is 28.4 Å². The number of amides is 1. The molecule has 1 amide bonds. The SMILES string of the molecule is C[C@H](O)CC1(NC(=O)OC(C)(C)C)CCC1. The van der Waals surface area contributed by atoms with Crippen molar-refractivity contribution < 1.29 is 14.6 Å². The summed E-state index contributed by atoms with van der Waals surface area (Å²) in [5, 5.41) is 12.3. The Morgan fingerprint density at radius 2 is 2.06 bits per heavy atom. The fourth-order valence-corrected chi connectivity index (χ4v) is 2.07. The largest absolute Gasteiger partial charge is 0.444 e. The lowest BCUT2D eigenvalue weighted by atomic mass is 9.73. The van der Waals surface area contributed by atoms with Gasteiger partial charge in [-0.3, -0.25) is 0 Å². The average Bonchev–Trinajstić information content (AvgIpc) is 1.95. The molecule has 0 aromatic carbocycles. The number of carbonyl (C=O) groups excluding carboxylic acids is 1. The van der Waals surface area contributed by atoms with E-state index in [1.807, 2.05) is 20.8 Å². The van der Waals surface area contributed by atoms with Crippen molar-refractivity contribution in [2.24, 2.45) is 0 Å². The van der Waals surface area contributed by atoms with Gasteiger partial charge in [-0.25, -0.2) is 4.79 Å². The quantitative estimate of drug-likeness (QED) is 0.780. The van der Waals surface area contributed by atoms with Gasteiger partial charge in [-0.05, 0) is 53.4 Å². The zero-order valence-electron chi connectivity index (χ0n) is 10.7. The molecule has 0 radical (unpaired) electrons. The van der Waals surface area contributed by atoms with E-state index in [0.29, 0.717) is 6.42 Å². The molecule has 0 aliphatic heterocycles. The molecule has 0 unspecified atom stereocenters. The molecule has 0 spiro atoms. The highest BCUT2D eigenvalue weighted by Crippen LogP contribution is 2.36. The zero-order valence-corrected chi connectivity index (χ0v) is 10.7. The lowest BCUT2D eigenvalue weighted by molar-refractivity contribution is 0.0287. The molecule has 1 aliphatic rings. The highest BCUT2D eigenvalue weighted by Gasteiger charge is 2.40. The summed E-state index contributed by atoms with van der Waals surface area (Å²) in [5.74, 6) is 0. The Labute approximate surface area is 97.4 Å². The van der Waals surface area contributed by atoms with Crippen LogP contribution in [0.25, 0.3) is 0 Å². The van der Waals surface area contributed by atoms with Gasteiger partial charge in [0.2, 0.25) is 0 Å². The molecule has 1 rings (SSSR count). The van der Waals surface area contributed by atoms with Crippen LogP contribution in [0.5, 0.6) is 0 Å². The van der Waals surface area contributed by atoms with Crippen LogP contribution in [0.1, 0.15) is 53.4 Å². The van der Waals surface area contributed by atoms with Gasteiger partial charge in [-0.2, -0.15) is 0 Å². The van der Waals surface area contributed by atoms with Gasteiger partial charge in [-0.15, -0.1) is 0 Å². The molecule has 0 aromatic rings. The molecule has 16 heavy (non-hydrogen) atoms. The van der Waals surface area contributed by atoms with Gasteiger partial charge in [0.05, 0.1) is 6.10 Å². The second-order valence-corrected chi connectivity index (χ2v) is 5.81. The predicted octanol–water partition coefficient (Wildman–Crippen LogP) is 2.20. The van der Waals surface area contributed by atoms with Gasteiger partial charge in [0.1, 0.15) is 5.60 Å². The smallest absolute Gasteiger partial charge is 0.408 e. The summed E-state index contributed by atoms with van der Waals surface area (Å²) in [6.07, 6.45) is 2.78. The third kappa shape index (κ3) is 4.00. The number of aliphatic hydroxyl groups excluding tert-OH is 1. The summed E-state index contributed by atoms with van der Waals surface area (Å²) in [7, 11) is 0. The first-order valence-electron chi connectivity index (χ1n) is 5.92. The lowest BCUT2D eigenvalue weighted by Gasteiger charge is -2.43. The molecule has 0 aromatic heterocycles. The van der Waals surface area contributed by atoms with Crippen molar-refractivity contribution in [3.05, 3.63) is 0 Å². The van der Waals surface area contributed by atoms with Crippen molar-refractivity contribution in [1.82, 2.24) is 5.32 Å². The van der Waals surface area contributed by atoms with E-state index in [0.717, 1.165) is 19.3 Å². The maximum Gasteiger partial charge on any atom is 0.408 e. The highest BCUT2D eigenvalue weighted by atomic mass is 16.6. The zero-order chi connectivity index (χ0) is 12.4. The van der Waals surface area contributed by atoms with E-state index in [2.05, 4.69) is 5.32 Å². The Balaban J connectivity index is 2.47. The molecule has 2 N–H and O–H groups in total. The third-order valence-corrected chi connectivity index (χ3v) is 2.76. The second-order valence-electron chi connectivity index (χ2n) is 5.81. The molecule has 0 heterocycles. The molecule has 0 bridgehead atoms. The molecule has 4 heteroatoms. The van der Waals surface area contributed by atoms with Crippen LogP contribution in [0.4, 0.5) is 4.79 Å². The van der Waals surface area contributed by atoms with Crippen LogP contribution in [0.2, 0.25) is 0 Å². The average molecular weight is 229 g/mol. The molecule has 4 nitrogen and oxygen atoms in total. The highest BCUT2D eigenvalue weighted by molar-refractivity contribution is 5.69.